The lowest BCUT2D eigenvalue weighted by Crippen LogP contribution is -2.50. The van der Waals surface area contributed by atoms with E-state index in [-0.39, 0.29) is 11.9 Å². The average molecular weight is 350 g/mol. The van der Waals surface area contributed by atoms with Crippen LogP contribution in [0.4, 0.5) is 5.82 Å². The second-order valence-electron chi connectivity index (χ2n) is 6.42. The van der Waals surface area contributed by atoms with Crippen molar-refractivity contribution < 1.29 is 4.79 Å². The Balaban J connectivity index is 1.67. The third-order valence-electron chi connectivity index (χ3n) is 4.63. The standard InChI is InChI=1S/C19H22N6O/c1-14(19(26)24-10-7-20-8-11-24)22-18-17(15-5-3-2-4-6-15)23-16-13-21-9-12-25(16)18/h2-6,9,12-14,20,22H,7-8,10-11H2,1H3. The maximum absolute atomic E-state index is 12.8. The average Bonchev–Trinajstić information content (AvgIpc) is 3.07. The van der Waals surface area contributed by atoms with E-state index < -0.39 is 0 Å². The minimum atomic E-state index is -0.344. The van der Waals surface area contributed by atoms with Crippen LogP contribution < -0.4 is 10.6 Å². The molecular formula is C19H22N6O. The highest BCUT2D eigenvalue weighted by Gasteiger charge is 2.24. The van der Waals surface area contributed by atoms with Crippen molar-refractivity contribution in [3.8, 4) is 11.3 Å². The third-order valence-corrected chi connectivity index (χ3v) is 4.63. The molecule has 0 spiro atoms. The Kier molecular flexibility index (Phi) is 4.53. The highest BCUT2D eigenvalue weighted by Crippen LogP contribution is 2.28. The largest absolute Gasteiger partial charge is 0.358 e. The number of anilines is 1. The summed E-state index contributed by atoms with van der Waals surface area (Å²) in [5.41, 5.74) is 2.56. The van der Waals surface area contributed by atoms with Gasteiger partial charge in [-0.05, 0) is 6.92 Å². The zero-order valence-corrected chi connectivity index (χ0v) is 14.7. The molecule has 26 heavy (non-hydrogen) atoms. The highest BCUT2D eigenvalue weighted by molar-refractivity contribution is 5.86. The number of piperazine rings is 1. The number of rotatable bonds is 4. The first-order chi connectivity index (χ1) is 12.7. The number of aromatic nitrogens is 3. The predicted molar refractivity (Wildman–Crippen MR) is 101 cm³/mol. The van der Waals surface area contributed by atoms with Gasteiger partial charge in [-0.1, -0.05) is 30.3 Å². The van der Waals surface area contributed by atoms with E-state index in [4.69, 9.17) is 4.98 Å². The first kappa shape index (κ1) is 16.5. The Labute approximate surface area is 152 Å². The monoisotopic (exact) mass is 350 g/mol. The van der Waals surface area contributed by atoms with Gasteiger partial charge in [0.2, 0.25) is 5.91 Å². The molecule has 0 radical (unpaired) electrons. The Bertz CT molecular complexity index is 901. The van der Waals surface area contributed by atoms with Crippen LogP contribution in [0.1, 0.15) is 6.92 Å². The van der Waals surface area contributed by atoms with Crippen LogP contribution in [0.5, 0.6) is 0 Å². The number of amides is 1. The summed E-state index contributed by atoms with van der Waals surface area (Å²) < 4.78 is 1.94. The molecule has 7 nitrogen and oxygen atoms in total. The maximum Gasteiger partial charge on any atom is 0.244 e. The molecule has 7 heteroatoms. The van der Waals surface area contributed by atoms with E-state index in [0.29, 0.717) is 0 Å². The van der Waals surface area contributed by atoms with E-state index in [2.05, 4.69) is 15.6 Å². The molecule has 3 heterocycles. The maximum atomic E-state index is 12.8. The quantitative estimate of drug-likeness (QED) is 0.748. The van der Waals surface area contributed by atoms with Crippen molar-refractivity contribution in [3.05, 3.63) is 48.9 Å². The molecule has 1 atom stereocenters. The van der Waals surface area contributed by atoms with Crippen molar-refractivity contribution in [1.82, 2.24) is 24.6 Å². The Hall–Kier alpha value is -2.93. The number of nitrogens with zero attached hydrogens (tertiary/aromatic N) is 4. The number of nitrogens with one attached hydrogen (secondary N) is 2. The van der Waals surface area contributed by atoms with Gasteiger partial charge in [-0.25, -0.2) is 4.98 Å². The molecule has 1 unspecified atom stereocenters. The van der Waals surface area contributed by atoms with Crippen LogP contribution in [-0.2, 0) is 4.79 Å². The topological polar surface area (TPSA) is 74.6 Å². The summed E-state index contributed by atoms with van der Waals surface area (Å²) in [7, 11) is 0. The van der Waals surface area contributed by atoms with Crippen molar-refractivity contribution >= 4 is 17.4 Å². The SMILES string of the molecule is CC(Nc1c(-c2ccccc2)nc2cnccn12)C(=O)N1CCNCC1. The van der Waals surface area contributed by atoms with Crippen LogP contribution in [0.3, 0.4) is 0 Å². The number of carbonyl (C=O) groups is 1. The fraction of sp³-hybridized carbons (Fsp3) is 0.316. The first-order valence-electron chi connectivity index (χ1n) is 8.87. The van der Waals surface area contributed by atoms with Gasteiger partial charge in [-0.15, -0.1) is 0 Å². The number of imidazole rings is 1. The molecule has 4 rings (SSSR count). The minimum Gasteiger partial charge on any atom is -0.358 e. The number of benzene rings is 1. The van der Waals surface area contributed by atoms with E-state index in [0.717, 1.165) is 48.9 Å². The van der Waals surface area contributed by atoms with Crippen LogP contribution >= 0.6 is 0 Å². The molecular weight excluding hydrogens is 328 g/mol. The van der Waals surface area contributed by atoms with Crippen LogP contribution in [0.2, 0.25) is 0 Å². The summed E-state index contributed by atoms with van der Waals surface area (Å²) in [5.74, 6) is 0.916. The van der Waals surface area contributed by atoms with Gasteiger partial charge in [0.15, 0.2) is 5.65 Å². The van der Waals surface area contributed by atoms with Crippen LogP contribution in [0, 0.1) is 0 Å². The van der Waals surface area contributed by atoms with Crippen LogP contribution in [0.25, 0.3) is 16.9 Å². The van der Waals surface area contributed by atoms with Gasteiger partial charge in [0, 0.05) is 44.1 Å². The zero-order chi connectivity index (χ0) is 17.9. The van der Waals surface area contributed by atoms with Gasteiger partial charge in [0.1, 0.15) is 17.6 Å². The summed E-state index contributed by atoms with van der Waals surface area (Å²) in [6.07, 6.45) is 5.30. The van der Waals surface area contributed by atoms with Crippen molar-refractivity contribution in [1.29, 1.82) is 0 Å². The lowest BCUT2D eigenvalue weighted by Gasteiger charge is -2.30. The second-order valence-corrected chi connectivity index (χ2v) is 6.42. The molecule has 1 aliphatic heterocycles. The smallest absolute Gasteiger partial charge is 0.244 e. The highest BCUT2D eigenvalue weighted by atomic mass is 16.2. The molecule has 2 aromatic heterocycles. The Morgan fingerprint density at radius 3 is 2.77 bits per heavy atom. The predicted octanol–water partition coefficient (Wildman–Crippen LogP) is 1.63. The molecule has 1 saturated heterocycles. The summed E-state index contributed by atoms with van der Waals surface area (Å²) >= 11 is 0. The van der Waals surface area contributed by atoms with Gasteiger partial charge in [0.25, 0.3) is 0 Å². The fourth-order valence-electron chi connectivity index (χ4n) is 3.27. The molecule has 0 aliphatic carbocycles. The van der Waals surface area contributed by atoms with Gasteiger partial charge in [-0.2, -0.15) is 0 Å². The van der Waals surface area contributed by atoms with E-state index in [1.54, 1.807) is 12.4 Å². The number of fused-ring (bicyclic) bond motifs is 1. The summed E-state index contributed by atoms with van der Waals surface area (Å²) in [4.78, 5) is 23.6. The van der Waals surface area contributed by atoms with Crippen LogP contribution in [-0.4, -0.2) is 57.4 Å². The van der Waals surface area contributed by atoms with Gasteiger partial charge >= 0.3 is 0 Å². The molecule has 134 valence electrons. The van der Waals surface area contributed by atoms with Crippen LogP contribution in [0.15, 0.2) is 48.9 Å². The van der Waals surface area contributed by atoms with E-state index >= 15 is 0 Å². The number of carbonyl (C=O) groups excluding carboxylic acids is 1. The third kappa shape index (κ3) is 3.13. The summed E-state index contributed by atoms with van der Waals surface area (Å²) in [5, 5.41) is 6.66. The molecule has 0 bridgehead atoms. The Morgan fingerprint density at radius 2 is 2.00 bits per heavy atom. The fourth-order valence-corrected chi connectivity index (χ4v) is 3.27. The first-order valence-corrected chi connectivity index (χ1v) is 8.87. The number of hydrogen-bond acceptors (Lipinski definition) is 5. The molecule has 3 aromatic rings. The lowest BCUT2D eigenvalue weighted by atomic mass is 10.1. The minimum absolute atomic E-state index is 0.106. The van der Waals surface area contributed by atoms with E-state index in [1.165, 1.54) is 0 Å². The summed E-state index contributed by atoms with van der Waals surface area (Å²) in [6, 6.07) is 9.63. The van der Waals surface area contributed by atoms with Crippen molar-refractivity contribution in [3.63, 3.8) is 0 Å². The normalized spacial score (nSPS) is 15.8. The molecule has 1 amide bonds. The van der Waals surface area contributed by atoms with Crippen molar-refractivity contribution in [2.24, 2.45) is 0 Å². The molecule has 1 aromatic carbocycles. The van der Waals surface area contributed by atoms with Gasteiger partial charge in [0.05, 0.1) is 6.20 Å². The molecule has 1 aliphatic rings. The summed E-state index contributed by atoms with van der Waals surface area (Å²) in [6.45, 7) is 5.07. The zero-order valence-electron chi connectivity index (χ0n) is 14.7. The van der Waals surface area contributed by atoms with Gasteiger partial charge in [-0.3, -0.25) is 14.2 Å². The van der Waals surface area contributed by atoms with E-state index in [9.17, 15) is 4.79 Å². The second kappa shape index (κ2) is 7.13. The molecule has 1 fully saturated rings. The molecule has 2 N–H and O–H groups in total. The Morgan fingerprint density at radius 1 is 1.23 bits per heavy atom. The van der Waals surface area contributed by atoms with Gasteiger partial charge < -0.3 is 15.5 Å². The molecule has 0 saturated carbocycles. The number of hydrogen-bond donors (Lipinski definition) is 2. The lowest BCUT2D eigenvalue weighted by molar-refractivity contribution is -0.132. The van der Waals surface area contributed by atoms with Crippen molar-refractivity contribution in [2.45, 2.75) is 13.0 Å². The van der Waals surface area contributed by atoms with Crippen molar-refractivity contribution in [2.75, 3.05) is 31.5 Å². The van der Waals surface area contributed by atoms with E-state index in [1.807, 2.05) is 52.8 Å².